The predicted molar refractivity (Wildman–Crippen MR) is 106 cm³/mol. The Balaban J connectivity index is 1.61. The summed E-state index contributed by atoms with van der Waals surface area (Å²) >= 11 is 1.65. The third-order valence-corrected chi connectivity index (χ3v) is 5.50. The molecule has 1 aromatic heterocycles. The van der Waals surface area contributed by atoms with E-state index in [2.05, 4.69) is 16.4 Å². The summed E-state index contributed by atoms with van der Waals surface area (Å²) in [5.74, 6) is -0.0942. The summed E-state index contributed by atoms with van der Waals surface area (Å²) in [6.07, 6.45) is 0. The molecule has 5 nitrogen and oxygen atoms in total. The van der Waals surface area contributed by atoms with Crippen molar-refractivity contribution in [3.05, 3.63) is 59.1 Å². The van der Waals surface area contributed by atoms with Gasteiger partial charge in [-0.2, -0.15) is 0 Å². The number of aromatic nitrogens is 1. The number of hydrogen-bond acceptors (Lipinski definition) is 5. The van der Waals surface area contributed by atoms with Crippen LogP contribution in [0.2, 0.25) is 0 Å². The maximum Gasteiger partial charge on any atom is 0.238 e. The molecule has 1 heterocycles. The van der Waals surface area contributed by atoms with Gasteiger partial charge in [0.15, 0.2) is 5.78 Å². The molecule has 3 rings (SSSR count). The third-order valence-electron chi connectivity index (χ3n) is 4.30. The molecular weight excluding hydrogens is 346 g/mol. The van der Waals surface area contributed by atoms with Crippen molar-refractivity contribution in [1.29, 1.82) is 0 Å². The van der Waals surface area contributed by atoms with E-state index in [0.717, 1.165) is 15.2 Å². The van der Waals surface area contributed by atoms with Gasteiger partial charge in [-0.1, -0.05) is 12.1 Å². The average Bonchev–Trinajstić information content (AvgIpc) is 3.05. The van der Waals surface area contributed by atoms with Crippen LogP contribution in [0.25, 0.3) is 10.2 Å². The number of likely N-dealkylation sites (N-methyl/N-ethyl adjacent to an activating group) is 1. The molecule has 3 aromatic rings. The quantitative estimate of drug-likeness (QED) is 0.666. The van der Waals surface area contributed by atoms with Crippen molar-refractivity contribution in [1.82, 2.24) is 9.88 Å². The van der Waals surface area contributed by atoms with E-state index in [9.17, 15) is 9.59 Å². The summed E-state index contributed by atoms with van der Waals surface area (Å²) in [7, 11) is 1.91. The van der Waals surface area contributed by atoms with Crippen molar-refractivity contribution < 1.29 is 9.59 Å². The number of nitrogens with zero attached hydrogens (tertiary/aromatic N) is 2. The van der Waals surface area contributed by atoms with Gasteiger partial charge in [0.2, 0.25) is 5.91 Å². The minimum atomic E-state index is -0.101. The summed E-state index contributed by atoms with van der Waals surface area (Å²) in [6, 6.07) is 15.0. The lowest BCUT2D eigenvalue weighted by Crippen LogP contribution is -2.32. The number of anilines is 1. The first-order valence-electron chi connectivity index (χ1n) is 8.40. The highest BCUT2D eigenvalue weighted by Gasteiger charge is 2.18. The van der Waals surface area contributed by atoms with Crippen LogP contribution < -0.4 is 5.32 Å². The fourth-order valence-corrected chi connectivity index (χ4v) is 3.69. The molecule has 0 fully saturated rings. The Morgan fingerprint density at radius 3 is 2.50 bits per heavy atom. The van der Waals surface area contributed by atoms with E-state index >= 15 is 0 Å². The van der Waals surface area contributed by atoms with Gasteiger partial charge < -0.3 is 5.32 Å². The summed E-state index contributed by atoms with van der Waals surface area (Å²) in [4.78, 5) is 30.2. The van der Waals surface area contributed by atoms with Gasteiger partial charge in [0.25, 0.3) is 0 Å². The molecule has 0 aliphatic heterocycles. The van der Waals surface area contributed by atoms with E-state index in [4.69, 9.17) is 0 Å². The number of para-hydroxylation sites is 1. The van der Waals surface area contributed by atoms with Gasteiger partial charge in [-0.15, -0.1) is 11.3 Å². The van der Waals surface area contributed by atoms with E-state index < -0.39 is 0 Å². The average molecular weight is 367 g/mol. The van der Waals surface area contributed by atoms with Gasteiger partial charge in [0.05, 0.1) is 22.8 Å². The van der Waals surface area contributed by atoms with Crippen LogP contribution in [0.5, 0.6) is 0 Å². The Kier molecular flexibility index (Phi) is 5.44. The second-order valence-corrected chi connectivity index (χ2v) is 7.35. The lowest BCUT2D eigenvalue weighted by molar-refractivity contribution is -0.117. The first-order valence-corrected chi connectivity index (χ1v) is 9.22. The zero-order valence-corrected chi connectivity index (χ0v) is 15.8. The number of benzene rings is 2. The minimum absolute atomic E-state index is 0.00673. The molecule has 0 unspecified atom stereocenters. The number of hydrogen-bond donors (Lipinski definition) is 1. The zero-order chi connectivity index (χ0) is 18.7. The van der Waals surface area contributed by atoms with Crippen molar-refractivity contribution in [2.45, 2.75) is 19.9 Å². The molecule has 0 bridgehead atoms. The van der Waals surface area contributed by atoms with Gasteiger partial charge in [0, 0.05) is 11.3 Å². The van der Waals surface area contributed by atoms with Gasteiger partial charge in [-0.3, -0.25) is 14.5 Å². The Morgan fingerprint density at radius 1 is 1.15 bits per heavy atom. The molecule has 0 aliphatic rings. The van der Waals surface area contributed by atoms with E-state index in [-0.39, 0.29) is 24.3 Å². The van der Waals surface area contributed by atoms with Crippen LogP contribution >= 0.6 is 11.3 Å². The largest absolute Gasteiger partial charge is 0.325 e. The normalized spacial score (nSPS) is 12.3. The maximum absolute atomic E-state index is 12.3. The molecule has 1 amide bonds. The topological polar surface area (TPSA) is 62.3 Å². The molecule has 0 saturated heterocycles. The predicted octanol–water partition coefficient (Wildman–Crippen LogP) is 4.13. The molecule has 134 valence electrons. The molecule has 2 aromatic carbocycles. The monoisotopic (exact) mass is 367 g/mol. The fourth-order valence-electron chi connectivity index (χ4n) is 2.61. The highest BCUT2D eigenvalue weighted by Crippen LogP contribution is 2.28. The number of rotatable bonds is 6. The highest BCUT2D eigenvalue weighted by molar-refractivity contribution is 7.18. The molecule has 0 aliphatic carbocycles. The molecule has 26 heavy (non-hydrogen) atoms. The van der Waals surface area contributed by atoms with Crippen LogP contribution in [0, 0.1) is 0 Å². The van der Waals surface area contributed by atoms with E-state index in [1.165, 1.54) is 6.92 Å². The van der Waals surface area contributed by atoms with Gasteiger partial charge in [-0.05, 0) is 57.3 Å². The van der Waals surface area contributed by atoms with Crippen molar-refractivity contribution in [2.75, 3.05) is 18.9 Å². The zero-order valence-electron chi connectivity index (χ0n) is 15.0. The smallest absolute Gasteiger partial charge is 0.238 e. The summed E-state index contributed by atoms with van der Waals surface area (Å²) in [5, 5.41) is 3.86. The number of Topliss-reactive ketones (excluding diaryl/α,β-unsaturated/α-hetero) is 1. The second kappa shape index (κ2) is 7.76. The molecule has 1 N–H and O–H groups in total. The van der Waals surface area contributed by atoms with Crippen LogP contribution in [0.3, 0.4) is 0 Å². The van der Waals surface area contributed by atoms with Crippen molar-refractivity contribution in [3.63, 3.8) is 0 Å². The lowest BCUT2D eigenvalue weighted by Gasteiger charge is -2.22. The van der Waals surface area contributed by atoms with Crippen LogP contribution in [-0.2, 0) is 4.79 Å². The fraction of sp³-hybridized carbons (Fsp3) is 0.250. The van der Waals surface area contributed by atoms with Crippen LogP contribution in [0.15, 0.2) is 48.5 Å². The van der Waals surface area contributed by atoms with Crippen LogP contribution in [-0.4, -0.2) is 35.2 Å². The highest BCUT2D eigenvalue weighted by atomic mass is 32.1. The van der Waals surface area contributed by atoms with E-state index in [0.29, 0.717) is 11.3 Å². The lowest BCUT2D eigenvalue weighted by atomic mass is 10.1. The van der Waals surface area contributed by atoms with Crippen molar-refractivity contribution in [3.8, 4) is 0 Å². The second-order valence-electron chi connectivity index (χ2n) is 6.29. The number of amides is 1. The van der Waals surface area contributed by atoms with Crippen LogP contribution in [0.4, 0.5) is 5.69 Å². The Morgan fingerprint density at radius 2 is 1.85 bits per heavy atom. The SMILES string of the molecule is CC(=O)c1ccc(NC(=O)CN(C)[C@@H](C)c2nc3ccccc3s2)cc1. The Bertz CT molecular complexity index is 901. The number of ketones is 1. The summed E-state index contributed by atoms with van der Waals surface area (Å²) < 4.78 is 1.15. The van der Waals surface area contributed by atoms with E-state index in [1.807, 2.05) is 37.1 Å². The minimum Gasteiger partial charge on any atom is -0.325 e. The standard InChI is InChI=1S/C20H21N3O2S/c1-13(20-22-17-6-4-5-7-18(17)26-20)23(3)12-19(25)21-16-10-8-15(9-11-16)14(2)24/h4-11,13H,12H2,1-3H3,(H,21,25)/t13-/m0/s1. The molecule has 0 saturated carbocycles. The van der Waals surface area contributed by atoms with E-state index in [1.54, 1.807) is 35.6 Å². The number of carbonyl (C=O) groups is 2. The summed E-state index contributed by atoms with van der Waals surface area (Å²) in [5.41, 5.74) is 2.30. The van der Waals surface area contributed by atoms with Crippen LogP contribution in [0.1, 0.15) is 35.3 Å². The number of nitrogens with one attached hydrogen (secondary N) is 1. The molecule has 0 radical (unpaired) electrons. The molecule has 6 heteroatoms. The van der Waals surface area contributed by atoms with Crippen molar-refractivity contribution >= 4 is 38.9 Å². The summed E-state index contributed by atoms with van der Waals surface area (Å²) in [6.45, 7) is 3.82. The molecular formula is C20H21N3O2S. The Labute approximate surface area is 156 Å². The first kappa shape index (κ1) is 18.2. The van der Waals surface area contributed by atoms with Gasteiger partial charge in [-0.25, -0.2) is 4.98 Å². The van der Waals surface area contributed by atoms with Gasteiger partial charge in [0.1, 0.15) is 5.01 Å². The molecule has 1 atom stereocenters. The Hall–Kier alpha value is -2.57. The molecule has 0 spiro atoms. The van der Waals surface area contributed by atoms with Crippen molar-refractivity contribution in [2.24, 2.45) is 0 Å². The number of fused-ring (bicyclic) bond motifs is 1. The first-order chi connectivity index (χ1) is 12.4. The maximum atomic E-state index is 12.3. The third kappa shape index (κ3) is 4.15. The number of thiazole rings is 1. The van der Waals surface area contributed by atoms with Gasteiger partial charge >= 0.3 is 0 Å². The number of carbonyl (C=O) groups excluding carboxylic acids is 2.